The highest BCUT2D eigenvalue weighted by Gasteiger charge is 2.29. The number of ether oxygens (including phenoxy) is 1. The number of methoxy groups -OCH3 is 1. The average molecular weight is 405 g/mol. The minimum Gasteiger partial charge on any atom is -0.497 e. The Hall–Kier alpha value is -3.15. The molecular weight excluding hydrogens is 378 g/mol. The van der Waals surface area contributed by atoms with Gasteiger partial charge in [0.25, 0.3) is 5.91 Å². The maximum atomic E-state index is 13.0. The molecule has 3 aromatic rings. The quantitative estimate of drug-likeness (QED) is 0.605. The molecule has 0 bridgehead atoms. The largest absolute Gasteiger partial charge is 0.497 e. The van der Waals surface area contributed by atoms with Crippen LogP contribution in [0.4, 0.5) is 0 Å². The summed E-state index contributed by atoms with van der Waals surface area (Å²) in [6.45, 7) is 5.64. The summed E-state index contributed by atoms with van der Waals surface area (Å²) < 4.78 is 10.8. The van der Waals surface area contributed by atoms with Crippen molar-refractivity contribution in [3.8, 4) is 17.1 Å². The molecule has 4 rings (SSSR count). The molecule has 1 atom stereocenters. The van der Waals surface area contributed by atoms with Crippen LogP contribution in [-0.4, -0.2) is 41.1 Å². The third-order valence-electron chi connectivity index (χ3n) is 5.65. The molecule has 1 aromatic heterocycles. The van der Waals surface area contributed by atoms with Crippen LogP contribution in [0.15, 0.2) is 53.1 Å². The molecule has 1 aliphatic rings. The summed E-state index contributed by atoms with van der Waals surface area (Å²) in [7, 11) is 1.60. The van der Waals surface area contributed by atoms with Crippen molar-refractivity contribution >= 4 is 5.91 Å². The van der Waals surface area contributed by atoms with Gasteiger partial charge in [-0.1, -0.05) is 49.3 Å². The van der Waals surface area contributed by atoms with Crippen LogP contribution in [0, 0.1) is 0 Å². The van der Waals surface area contributed by atoms with Crippen molar-refractivity contribution in [3.05, 3.63) is 65.5 Å². The van der Waals surface area contributed by atoms with E-state index < -0.39 is 0 Å². The van der Waals surface area contributed by atoms with Gasteiger partial charge in [0.2, 0.25) is 11.7 Å². The number of amides is 1. The highest BCUT2D eigenvalue weighted by Crippen LogP contribution is 2.29. The fourth-order valence-corrected chi connectivity index (χ4v) is 3.84. The molecule has 6 nitrogen and oxygen atoms in total. The van der Waals surface area contributed by atoms with E-state index in [-0.39, 0.29) is 11.8 Å². The van der Waals surface area contributed by atoms with Crippen LogP contribution >= 0.6 is 0 Å². The number of nitrogens with zero attached hydrogens (tertiary/aromatic N) is 3. The van der Waals surface area contributed by atoms with E-state index in [1.54, 1.807) is 13.2 Å². The lowest BCUT2D eigenvalue weighted by Gasteiger charge is -2.31. The molecule has 1 fully saturated rings. The van der Waals surface area contributed by atoms with E-state index in [0.29, 0.717) is 35.5 Å². The van der Waals surface area contributed by atoms with Crippen LogP contribution < -0.4 is 4.74 Å². The molecular formula is C24H27N3O3. The van der Waals surface area contributed by atoms with Gasteiger partial charge < -0.3 is 14.2 Å². The van der Waals surface area contributed by atoms with Crippen molar-refractivity contribution in [1.82, 2.24) is 15.0 Å². The first kappa shape index (κ1) is 20.1. The fraction of sp³-hybridized carbons (Fsp3) is 0.375. The Morgan fingerprint density at radius 2 is 2.00 bits per heavy atom. The van der Waals surface area contributed by atoms with Crippen molar-refractivity contribution in [3.63, 3.8) is 0 Å². The van der Waals surface area contributed by atoms with Gasteiger partial charge in [0, 0.05) is 24.2 Å². The zero-order chi connectivity index (χ0) is 21.1. The van der Waals surface area contributed by atoms with Crippen LogP contribution in [0.1, 0.15) is 60.3 Å². The summed E-state index contributed by atoms with van der Waals surface area (Å²) in [4.78, 5) is 19.5. The highest BCUT2D eigenvalue weighted by atomic mass is 16.5. The molecule has 0 saturated carbocycles. The molecule has 0 spiro atoms. The smallest absolute Gasteiger partial charge is 0.254 e. The van der Waals surface area contributed by atoms with Gasteiger partial charge in [-0.15, -0.1) is 0 Å². The second-order valence-electron chi connectivity index (χ2n) is 8.06. The van der Waals surface area contributed by atoms with Gasteiger partial charge in [-0.05, 0) is 42.5 Å². The Morgan fingerprint density at radius 3 is 2.73 bits per heavy atom. The number of rotatable bonds is 5. The first-order valence-electron chi connectivity index (χ1n) is 10.4. The van der Waals surface area contributed by atoms with E-state index in [0.717, 1.165) is 24.9 Å². The monoisotopic (exact) mass is 405 g/mol. The lowest BCUT2D eigenvalue weighted by molar-refractivity contribution is 0.0695. The molecule has 0 aliphatic carbocycles. The molecule has 2 aromatic carbocycles. The first-order chi connectivity index (χ1) is 14.5. The molecule has 6 heteroatoms. The van der Waals surface area contributed by atoms with Crippen molar-refractivity contribution in [1.29, 1.82) is 0 Å². The van der Waals surface area contributed by atoms with Crippen LogP contribution in [-0.2, 0) is 0 Å². The Balaban J connectivity index is 1.48. The second kappa shape index (κ2) is 8.69. The molecule has 156 valence electrons. The minimum absolute atomic E-state index is 0.00242. The zero-order valence-corrected chi connectivity index (χ0v) is 17.7. The van der Waals surface area contributed by atoms with E-state index in [4.69, 9.17) is 9.26 Å². The minimum atomic E-state index is 0.00242. The number of carbonyl (C=O) groups is 1. The maximum absolute atomic E-state index is 13.0. The Bertz CT molecular complexity index is 1010. The topological polar surface area (TPSA) is 68.5 Å². The normalized spacial score (nSPS) is 16.7. The Morgan fingerprint density at radius 1 is 1.20 bits per heavy atom. The van der Waals surface area contributed by atoms with E-state index in [2.05, 4.69) is 36.1 Å². The molecule has 1 aliphatic heterocycles. The van der Waals surface area contributed by atoms with E-state index in [9.17, 15) is 4.79 Å². The van der Waals surface area contributed by atoms with Crippen molar-refractivity contribution in [2.45, 2.75) is 38.5 Å². The highest BCUT2D eigenvalue weighted by molar-refractivity contribution is 5.94. The van der Waals surface area contributed by atoms with Gasteiger partial charge in [0.05, 0.1) is 13.0 Å². The SMILES string of the molecule is COc1cccc(C(=O)N2CCC[C@@H](c3nc(-c4ccc(C(C)C)cc4)no3)C2)c1. The molecule has 2 heterocycles. The second-order valence-corrected chi connectivity index (χ2v) is 8.06. The predicted molar refractivity (Wildman–Crippen MR) is 115 cm³/mol. The van der Waals surface area contributed by atoms with E-state index in [1.807, 2.05) is 35.2 Å². The van der Waals surface area contributed by atoms with Crippen molar-refractivity contribution in [2.75, 3.05) is 20.2 Å². The molecule has 0 unspecified atom stereocenters. The number of carbonyl (C=O) groups excluding carboxylic acids is 1. The molecule has 1 saturated heterocycles. The summed E-state index contributed by atoms with van der Waals surface area (Å²) in [6.07, 6.45) is 1.83. The lowest BCUT2D eigenvalue weighted by atomic mass is 9.97. The molecule has 1 amide bonds. The zero-order valence-electron chi connectivity index (χ0n) is 17.7. The third kappa shape index (κ3) is 4.22. The number of likely N-dealkylation sites (tertiary alicyclic amines) is 1. The van der Waals surface area contributed by atoms with Crippen LogP contribution in [0.3, 0.4) is 0 Å². The number of piperidine rings is 1. The standard InChI is InChI=1S/C24H27N3O3/c1-16(2)17-9-11-18(12-10-17)22-25-23(30-26-22)20-7-5-13-27(15-20)24(28)19-6-4-8-21(14-19)29-3/h4,6,8-12,14,16,20H,5,7,13,15H2,1-3H3/t20-/m1/s1. The summed E-state index contributed by atoms with van der Waals surface area (Å²) in [5.41, 5.74) is 2.85. The van der Waals surface area contributed by atoms with E-state index in [1.165, 1.54) is 5.56 Å². The fourth-order valence-electron chi connectivity index (χ4n) is 3.84. The number of benzene rings is 2. The van der Waals surface area contributed by atoms with Gasteiger partial charge in [-0.3, -0.25) is 4.79 Å². The van der Waals surface area contributed by atoms with Crippen molar-refractivity contribution in [2.24, 2.45) is 0 Å². The summed E-state index contributed by atoms with van der Waals surface area (Å²) in [5, 5.41) is 4.18. The van der Waals surface area contributed by atoms with Crippen molar-refractivity contribution < 1.29 is 14.1 Å². The average Bonchev–Trinajstić information content (AvgIpc) is 3.29. The van der Waals surface area contributed by atoms with Gasteiger partial charge in [0.1, 0.15) is 5.75 Å². The van der Waals surface area contributed by atoms with Gasteiger partial charge in [0.15, 0.2) is 0 Å². The molecule has 0 radical (unpaired) electrons. The van der Waals surface area contributed by atoms with Crippen LogP contribution in [0.2, 0.25) is 0 Å². The third-order valence-corrected chi connectivity index (χ3v) is 5.65. The summed E-state index contributed by atoms with van der Waals surface area (Å²) >= 11 is 0. The molecule has 30 heavy (non-hydrogen) atoms. The number of aromatic nitrogens is 2. The van der Waals surface area contributed by atoms with Crippen LogP contribution in [0.5, 0.6) is 5.75 Å². The molecule has 0 N–H and O–H groups in total. The Labute approximate surface area is 176 Å². The predicted octanol–water partition coefficient (Wildman–Crippen LogP) is 4.89. The van der Waals surface area contributed by atoms with Gasteiger partial charge in [-0.25, -0.2) is 0 Å². The lowest BCUT2D eigenvalue weighted by Crippen LogP contribution is -2.39. The van der Waals surface area contributed by atoms with E-state index >= 15 is 0 Å². The Kier molecular flexibility index (Phi) is 5.84. The van der Waals surface area contributed by atoms with Crippen LogP contribution in [0.25, 0.3) is 11.4 Å². The van der Waals surface area contributed by atoms with Gasteiger partial charge in [-0.2, -0.15) is 4.98 Å². The number of hydrogen-bond donors (Lipinski definition) is 0. The van der Waals surface area contributed by atoms with Gasteiger partial charge >= 0.3 is 0 Å². The first-order valence-corrected chi connectivity index (χ1v) is 10.4. The summed E-state index contributed by atoms with van der Waals surface area (Å²) in [6, 6.07) is 15.5. The summed E-state index contributed by atoms with van der Waals surface area (Å²) in [5.74, 6) is 2.40. The number of hydrogen-bond acceptors (Lipinski definition) is 5. The maximum Gasteiger partial charge on any atom is 0.254 e.